The smallest absolute Gasteiger partial charge is 0.102 e. The van der Waals surface area contributed by atoms with E-state index in [-0.39, 0.29) is 6.10 Å². The molecule has 1 rings (SSSR count). The molecule has 0 saturated carbocycles. The summed E-state index contributed by atoms with van der Waals surface area (Å²) in [6, 6.07) is 0. The van der Waals surface area contributed by atoms with E-state index in [2.05, 4.69) is 23.7 Å². The molecule has 0 aromatic heterocycles. The lowest BCUT2D eigenvalue weighted by molar-refractivity contribution is -0.0483. The number of hydrogen-bond donors (Lipinski definition) is 1. The Kier molecular flexibility index (Phi) is 6.11. The second kappa shape index (κ2) is 7.77. The summed E-state index contributed by atoms with van der Waals surface area (Å²) in [7, 11) is 0. The van der Waals surface area contributed by atoms with E-state index >= 15 is 0 Å². The standard InChI is InChI=1S/C14H16O2/c1-2-3-4-5-6-7-8-11-14-13(15)10-9-12-16-14/h2-3,8,11,13-15H,9-10,12H2,1H3. The quantitative estimate of drug-likeness (QED) is 0.676. The van der Waals surface area contributed by atoms with Gasteiger partial charge in [0.15, 0.2) is 0 Å². The molecule has 2 heteroatoms. The first-order chi connectivity index (χ1) is 7.84. The molecule has 0 amide bonds. The van der Waals surface area contributed by atoms with Crippen LogP contribution in [0.1, 0.15) is 19.8 Å². The molecule has 84 valence electrons. The average molecular weight is 216 g/mol. The summed E-state index contributed by atoms with van der Waals surface area (Å²) in [6.45, 7) is 2.62. The van der Waals surface area contributed by atoms with Crippen molar-refractivity contribution < 1.29 is 9.84 Å². The summed E-state index contributed by atoms with van der Waals surface area (Å²) in [5.41, 5.74) is 0. The van der Waals surface area contributed by atoms with Crippen LogP contribution in [0.25, 0.3) is 0 Å². The van der Waals surface area contributed by atoms with E-state index in [1.807, 2.05) is 13.0 Å². The molecule has 2 unspecified atom stereocenters. The Balaban J connectivity index is 2.39. The zero-order chi connectivity index (χ0) is 11.6. The Bertz CT molecular complexity index is 371. The van der Waals surface area contributed by atoms with Crippen LogP contribution >= 0.6 is 0 Å². The van der Waals surface area contributed by atoms with Gasteiger partial charge < -0.3 is 9.84 Å². The van der Waals surface area contributed by atoms with Crippen molar-refractivity contribution >= 4 is 0 Å². The second-order valence-electron chi connectivity index (χ2n) is 3.44. The van der Waals surface area contributed by atoms with Gasteiger partial charge in [-0.1, -0.05) is 17.9 Å². The molecule has 0 radical (unpaired) electrons. The molecule has 1 N–H and O–H groups in total. The van der Waals surface area contributed by atoms with Crippen LogP contribution < -0.4 is 0 Å². The van der Waals surface area contributed by atoms with Gasteiger partial charge in [-0.05, 0) is 49.8 Å². The third-order valence-electron chi connectivity index (χ3n) is 2.16. The van der Waals surface area contributed by atoms with E-state index in [0.29, 0.717) is 6.61 Å². The van der Waals surface area contributed by atoms with Gasteiger partial charge in [0.05, 0.1) is 6.10 Å². The summed E-state index contributed by atoms with van der Waals surface area (Å²) in [4.78, 5) is 0. The fraction of sp³-hybridized carbons (Fsp3) is 0.429. The highest BCUT2D eigenvalue weighted by Crippen LogP contribution is 2.14. The van der Waals surface area contributed by atoms with Crippen molar-refractivity contribution in [1.29, 1.82) is 0 Å². The minimum atomic E-state index is -0.402. The maximum Gasteiger partial charge on any atom is 0.102 e. The van der Waals surface area contributed by atoms with Crippen molar-refractivity contribution in [2.24, 2.45) is 0 Å². The molecule has 0 bridgehead atoms. The van der Waals surface area contributed by atoms with Crippen molar-refractivity contribution in [2.45, 2.75) is 32.0 Å². The highest BCUT2D eigenvalue weighted by Gasteiger charge is 2.20. The minimum Gasteiger partial charge on any atom is -0.390 e. The predicted octanol–water partition coefficient (Wildman–Crippen LogP) is 1.67. The average Bonchev–Trinajstić information content (AvgIpc) is 2.30. The molecule has 0 aliphatic carbocycles. The highest BCUT2D eigenvalue weighted by molar-refractivity contribution is 5.34. The third kappa shape index (κ3) is 4.84. The number of hydrogen-bond acceptors (Lipinski definition) is 2. The maximum atomic E-state index is 9.58. The fourth-order valence-electron chi connectivity index (χ4n) is 1.35. The first-order valence-corrected chi connectivity index (χ1v) is 5.43. The van der Waals surface area contributed by atoms with Gasteiger partial charge in [-0.25, -0.2) is 0 Å². The van der Waals surface area contributed by atoms with Crippen LogP contribution in [0.3, 0.4) is 0 Å². The van der Waals surface area contributed by atoms with Gasteiger partial charge in [0.2, 0.25) is 0 Å². The normalized spacial score (nSPS) is 24.9. The van der Waals surface area contributed by atoms with Crippen LogP contribution in [0.15, 0.2) is 24.3 Å². The van der Waals surface area contributed by atoms with Gasteiger partial charge in [0.1, 0.15) is 6.10 Å². The van der Waals surface area contributed by atoms with Crippen LogP contribution in [0.2, 0.25) is 0 Å². The summed E-state index contributed by atoms with van der Waals surface area (Å²) in [5, 5.41) is 9.58. The summed E-state index contributed by atoms with van der Waals surface area (Å²) in [5.74, 6) is 10.9. The Morgan fingerprint density at radius 3 is 2.69 bits per heavy atom. The molecule has 1 fully saturated rings. The van der Waals surface area contributed by atoms with Gasteiger partial charge >= 0.3 is 0 Å². The Labute approximate surface area is 97.0 Å². The highest BCUT2D eigenvalue weighted by atomic mass is 16.5. The molecular weight excluding hydrogens is 200 g/mol. The molecule has 0 spiro atoms. The summed E-state index contributed by atoms with van der Waals surface area (Å²) in [6.07, 6.45) is 8.17. The van der Waals surface area contributed by atoms with Crippen LogP contribution in [-0.4, -0.2) is 23.9 Å². The van der Waals surface area contributed by atoms with Gasteiger partial charge in [0.25, 0.3) is 0 Å². The molecule has 1 saturated heterocycles. The van der Waals surface area contributed by atoms with Crippen molar-refractivity contribution in [3.05, 3.63) is 24.3 Å². The topological polar surface area (TPSA) is 29.5 Å². The maximum absolute atomic E-state index is 9.58. The number of aliphatic hydroxyl groups excluding tert-OH is 1. The van der Waals surface area contributed by atoms with Gasteiger partial charge in [0, 0.05) is 6.61 Å². The third-order valence-corrected chi connectivity index (χ3v) is 2.16. The van der Waals surface area contributed by atoms with Crippen molar-refractivity contribution in [2.75, 3.05) is 6.61 Å². The van der Waals surface area contributed by atoms with Crippen molar-refractivity contribution in [3.8, 4) is 23.7 Å². The van der Waals surface area contributed by atoms with E-state index < -0.39 is 6.10 Å². The van der Waals surface area contributed by atoms with Crippen LogP contribution in [0, 0.1) is 23.7 Å². The van der Waals surface area contributed by atoms with E-state index in [0.717, 1.165) is 12.8 Å². The minimum absolute atomic E-state index is 0.216. The predicted molar refractivity (Wildman–Crippen MR) is 64.5 cm³/mol. The number of allylic oxidation sites excluding steroid dienone is 3. The molecule has 1 aliphatic heterocycles. The monoisotopic (exact) mass is 216 g/mol. The van der Waals surface area contributed by atoms with Gasteiger partial charge in [-0.15, -0.1) is 0 Å². The molecule has 2 atom stereocenters. The van der Waals surface area contributed by atoms with Crippen molar-refractivity contribution in [1.82, 2.24) is 0 Å². The van der Waals surface area contributed by atoms with E-state index in [1.165, 1.54) is 0 Å². The van der Waals surface area contributed by atoms with Crippen molar-refractivity contribution in [3.63, 3.8) is 0 Å². The Morgan fingerprint density at radius 1 is 1.25 bits per heavy atom. The SMILES string of the molecule is CC=CC#CC#CC=CC1OCCCC1O. The van der Waals surface area contributed by atoms with Gasteiger partial charge in [-0.2, -0.15) is 0 Å². The molecule has 2 nitrogen and oxygen atoms in total. The van der Waals surface area contributed by atoms with Gasteiger partial charge in [-0.3, -0.25) is 0 Å². The first kappa shape index (κ1) is 12.6. The second-order valence-corrected chi connectivity index (χ2v) is 3.44. The molecule has 0 aromatic carbocycles. The van der Waals surface area contributed by atoms with E-state index in [4.69, 9.17) is 4.74 Å². The molecule has 16 heavy (non-hydrogen) atoms. The lowest BCUT2D eigenvalue weighted by Gasteiger charge is -2.25. The largest absolute Gasteiger partial charge is 0.390 e. The Hall–Kier alpha value is -1.48. The van der Waals surface area contributed by atoms with E-state index in [9.17, 15) is 5.11 Å². The Morgan fingerprint density at radius 2 is 2.00 bits per heavy atom. The fourth-order valence-corrected chi connectivity index (χ4v) is 1.35. The van der Waals surface area contributed by atoms with Crippen LogP contribution in [-0.2, 0) is 4.74 Å². The zero-order valence-electron chi connectivity index (χ0n) is 9.44. The molecule has 1 aliphatic rings. The number of ether oxygens (including phenoxy) is 1. The lowest BCUT2D eigenvalue weighted by Crippen LogP contribution is -2.32. The number of aliphatic hydroxyl groups is 1. The van der Waals surface area contributed by atoms with Crippen LogP contribution in [0.5, 0.6) is 0 Å². The summed E-state index contributed by atoms with van der Waals surface area (Å²) >= 11 is 0. The lowest BCUT2D eigenvalue weighted by atomic mass is 10.1. The van der Waals surface area contributed by atoms with E-state index in [1.54, 1.807) is 18.2 Å². The van der Waals surface area contributed by atoms with Crippen LogP contribution in [0.4, 0.5) is 0 Å². The number of rotatable bonds is 1. The molecule has 0 aromatic rings. The zero-order valence-corrected chi connectivity index (χ0v) is 9.44. The molecular formula is C14H16O2. The first-order valence-electron chi connectivity index (χ1n) is 5.43. The molecule has 1 heterocycles. The summed E-state index contributed by atoms with van der Waals surface area (Å²) < 4.78 is 5.38.